The first-order valence-corrected chi connectivity index (χ1v) is 5.97. The maximum Gasteiger partial charge on any atom is 0.251 e. The van der Waals surface area contributed by atoms with Crippen LogP contribution in [0.2, 0.25) is 5.15 Å². The molecule has 2 aromatic rings. The molecule has 0 saturated heterocycles. The zero-order valence-electron chi connectivity index (χ0n) is 9.93. The number of imidazole rings is 1. The zero-order chi connectivity index (χ0) is 13.0. The van der Waals surface area contributed by atoms with Gasteiger partial charge in [-0.1, -0.05) is 11.6 Å². The number of hydrogen-bond acceptors (Lipinski definition) is 3. The lowest BCUT2D eigenvalue weighted by Crippen LogP contribution is -2.24. The number of pyridine rings is 1. The predicted molar refractivity (Wildman–Crippen MR) is 68.3 cm³/mol. The number of carbonyl (C=O) groups is 1. The van der Waals surface area contributed by atoms with Gasteiger partial charge in [0, 0.05) is 24.5 Å². The van der Waals surface area contributed by atoms with E-state index in [2.05, 4.69) is 15.3 Å². The second kappa shape index (κ2) is 5.64. The van der Waals surface area contributed by atoms with Crippen LogP contribution >= 0.6 is 11.6 Å². The molecule has 0 aliphatic carbocycles. The molecule has 2 heterocycles. The van der Waals surface area contributed by atoms with E-state index in [1.165, 1.54) is 12.3 Å². The molecule has 0 aromatic carbocycles. The van der Waals surface area contributed by atoms with Gasteiger partial charge in [0.2, 0.25) is 0 Å². The first-order chi connectivity index (χ1) is 8.70. The molecule has 0 fully saturated rings. The Morgan fingerprint density at radius 1 is 1.56 bits per heavy atom. The third kappa shape index (κ3) is 2.87. The third-order valence-corrected chi connectivity index (χ3v) is 2.76. The molecule has 0 aliphatic heterocycles. The Morgan fingerprint density at radius 2 is 2.39 bits per heavy atom. The van der Waals surface area contributed by atoms with E-state index >= 15 is 0 Å². The van der Waals surface area contributed by atoms with Gasteiger partial charge < -0.3 is 9.88 Å². The zero-order valence-corrected chi connectivity index (χ0v) is 10.7. The number of nitrogens with zero attached hydrogens (tertiary/aromatic N) is 3. The average Bonchev–Trinajstić information content (AvgIpc) is 2.83. The van der Waals surface area contributed by atoms with Gasteiger partial charge in [-0.3, -0.25) is 4.79 Å². The van der Waals surface area contributed by atoms with Gasteiger partial charge in [-0.05, 0) is 19.1 Å². The highest BCUT2D eigenvalue weighted by Gasteiger charge is 2.07. The van der Waals surface area contributed by atoms with Crippen molar-refractivity contribution in [1.29, 1.82) is 0 Å². The molecule has 2 rings (SSSR count). The Balaban J connectivity index is 2.00. The van der Waals surface area contributed by atoms with Crippen LogP contribution in [0.4, 0.5) is 0 Å². The van der Waals surface area contributed by atoms with E-state index in [1.54, 1.807) is 18.6 Å². The van der Waals surface area contributed by atoms with Crippen LogP contribution in [0.5, 0.6) is 0 Å². The van der Waals surface area contributed by atoms with Gasteiger partial charge in [0.05, 0.1) is 18.6 Å². The molecule has 18 heavy (non-hydrogen) atoms. The highest BCUT2D eigenvalue weighted by Crippen LogP contribution is 2.07. The third-order valence-electron chi connectivity index (χ3n) is 2.56. The highest BCUT2D eigenvalue weighted by atomic mass is 35.5. The minimum Gasteiger partial charge on any atom is -0.346 e. The van der Waals surface area contributed by atoms with Crippen LogP contribution in [0.15, 0.2) is 30.9 Å². The van der Waals surface area contributed by atoms with Crippen LogP contribution in [0, 0.1) is 0 Å². The molecule has 0 aliphatic rings. The number of rotatable bonds is 4. The molecule has 0 radical (unpaired) electrons. The Labute approximate surface area is 110 Å². The average molecular weight is 265 g/mol. The van der Waals surface area contributed by atoms with Crippen LogP contribution in [-0.2, 0) is 13.1 Å². The Bertz CT molecular complexity index is 553. The van der Waals surface area contributed by atoms with E-state index in [9.17, 15) is 4.79 Å². The fraction of sp³-hybridized carbons (Fsp3) is 0.250. The lowest BCUT2D eigenvalue weighted by atomic mass is 10.2. The van der Waals surface area contributed by atoms with E-state index in [4.69, 9.17) is 11.6 Å². The van der Waals surface area contributed by atoms with Crippen molar-refractivity contribution < 1.29 is 4.79 Å². The van der Waals surface area contributed by atoms with Crippen molar-refractivity contribution in [2.24, 2.45) is 0 Å². The molecule has 0 spiro atoms. The number of carbonyl (C=O) groups excluding carboxylic acids is 1. The molecule has 94 valence electrons. The van der Waals surface area contributed by atoms with Crippen molar-refractivity contribution >= 4 is 17.5 Å². The van der Waals surface area contributed by atoms with Crippen LogP contribution < -0.4 is 5.32 Å². The van der Waals surface area contributed by atoms with Gasteiger partial charge in [-0.2, -0.15) is 0 Å². The second-order valence-electron chi connectivity index (χ2n) is 3.72. The second-order valence-corrected chi connectivity index (χ2v) is 4.11. The first kappa shape index (κ1) is 12.6. The molecule has 0 unspecified atom stereocenters. The molecular formula is C12H13ClN4O. The lowest BCUT2D eigenvalue weighted by molar-refractivity contribution is 0.0950. The molecule has 0 bridgehead atoms. The smallest absolute Gasteiger partial charge is 0.251 e. The van der Waals surface area contributed by atoms with Gasteiger partial charge in [0.25, 0.3) is 5.91 Å². The van der Waals surface area contributed by atoms with Crippen molar-refractivity contribution in [1.82, 2.24) is 19.9 Å². The van der Waals surface area contributed by atoms with E-state index < -0.39 is 0 Å². The summed E-state index contributed by atoms with van der Waals surface area (Å²) in [5.74, 6) is -0.178. The van der Waals surface area contributed by atoms with E-state index in [0.717, 1.165) is 12.2 Å². The monoisotopic (exact) mass is 264 g/mol. The normalized spacial score (nSPS) is 10.3. The maximum atomic E-state index is 11.9. The summed E-state index contributed by atoms with van der Waals surface area (Å²) in [7, 11) is 0. The Morgan fingerprint density at radius 3 is 3.11 bits per heavy atom. The number of halogens is 1. The van der Waals surface area contributed by atoms with Crippen molar-refractivity contribution in [2.75, 3.05) is 0 Å². The SMILES string of the molecule is CCn1cncc1CNC(=O)c1ccnc(Cl)c1. The van der Waals surface area contributed by atoms with Crippen molar-refractivity contribution in [3.8, 4) is 0 Å². The summed E-state index contributed by atoms with van der Waals surface area (Å²) in [5.41, 5.74) is 1.46. The maximum absolute atomic E-state index is 11.9. The summed E-state index contributed by atoms with van der Waals surface area (Å²) in [6.45, 7) is 3.29. The highest BCUT2D eigenvalue weighted by molar-refractivity contribution is 6.29. The van der Waals surface area contributed by atoms with Gasteiger partial charge >= 0.3 is 0 Å². The summed E-state index contributed by atoms with van der Waals surface area (Å²) in [6.07, 6.45) is 4.99. The van der Waals surface area contributed by atoms with Crippen LogP contribution in [0.3, 0.4) is 0 Å². The summed E-state index contributed by atoms with van der Waals surface area (Å²) in [4.78, 5) is 19.7. The molecule has 6 heteroatoms. The summed E-state index contributed by atoms with van der Waals surface area (Å²) < 4.78 is 1.97. The molecule has 0 saturated carbocycles. The van der Waals surface area contributed by atoms with Gasteiger partial charge in [0.15, 0.2) is 0 Å². The lowest BCUT2D eigenvalue weighted by Gasteiger charge is -2.07. The van der Waals surface area contributed by atoms with Crippen molar-refractivity contribution in [2.45, 2.75) is 20.0 Å². The fourth-order valence-corrected chi connectivity index (χ4v) is 1.77. The van der Waals surface area contributed by atoms with E-state index in [0.29, 0.717) is 17.3 Å². The Hall–Kier alpha value is -1.88. The minimum atomic E-state index is -0.178. The quantitative estimate of drug-likeness (QED) is 0.858. The molecular weight excluding hydrogens is 252 g/mol. The largest absolute Gasteiger partial charge is 0.346 e. The van der Waals surface area contributed by atoms with E-state index in [-0.39, 0.29) is 5.91 Å². The summed E-state index contributed by atoms with van der Waals surface area (Å²) in [5, 5.41) is 3.12. The Kier molecular flexibility index (Phi) is 3.94. The van der Waals surface area contributed by atoms with Crippen LogP contribution in [0.1, 0.15) is 23.0 Å². The molecule has 5 nitrogen and oxygen atoms in total. The van der Waals surface area contributed by atoms with Crippen molar-refractivity contribution in [3.63, 3.8) is 0 Å². The fourth-order valence-electron chi connectivity index (χ4n) is 1.60. The number of hydrogen-bond donors (Lipinski definition) is 1. The summed E-state index contributed by atoms with van der Waals surface area (Å²) >= 11 is 5.73. The first-order valence-electron chi connectivity index (χ1n) is 5.59. The molecule has 2 aromatic heterocycles. The molecule has 1 N–H and O–H groups in total. The summed E-state index contributed by atoms with van der Waals surface area (Å²) in [6, 6.07) is 3.16. The standard InChI is InChI=1S/C12H13ClN4O/c1-2-17-8-14-6-10(17)7-16-12(18)9-3-4-15-11(13)5-9/h3-6,8H,2,7H2,1H3,(H,16,18). The van der Waals surface area contributed by atoms with Gasteiger partial charge in [0.1, 0.15) is 5.15 Å². The van der Waals surface area contributed by atoms with E-state index in [1.807, 2.05) is 11.5 Å². The number of nitrogens with one attached hydrogen (secondary N) is 1. The van der Waals surface area contributed by atoms with Crippen molar-refractivity contribution in [3.05, 3.63) is 47.3 Å². The number of aryl methyl sites for hydroxylation is 1. The molecule has 1 amide bonds. The topological polar surface area (TPSA) is 59.8 Å². The number of aromatic nitrogens is 3. The van der Waals surface area contributed by atoms with Gasteiger partial charge in [-0.15, -0.1) is 0 Å². The molecule has 0 atom stereocenters. The van der Waals surface area contributed by atoms with Gasteiger partial charge in [-0.25, -0.2) is 9.97 Å². The predicted octanol–water partition coefficient (Wildman–Crippen LogP) is 1.88. The minimum absolute atomic E-state index is 0.178. The van der Waals surface area contributed by atoms with Crippen LogP contribution in [0.25, 0.3) is 0 Å². The van der Waals surface area contributed by atoms with Crippen LogP contribution in [-0.4, -0.2) is 20.4 Å². The number of amides is 1.